The highest BCUT2D eigenvalue weighted by Gasteiger charge is 2.35. The summed E-state index contributed by atoms with van der Waals surface area (Å²) in [6.07, 6.45) is 2.38. The van der Waals surface area contributed by atoms with Crippen LogP contribution in [0.2, 0.25) is 0 Å². The molecule has 1 saturated carbocycles. The molecule has 1 unspecified atom stereocenters. The molecule has 0 bridgehead atoms. The van der Waals surface area contributed by atoms with Crippen molar-refractivity contribution in [2.75, 3.05) is 12.8 Å². The molecule has 0 aromatic heterocycles. The van der Waals surface area contributed by atoms with Gasteiger partial charge in [0, 0.05) is 12.6 Å². The largest absolute Gasteiger partial charge is 0.495 e. The predicted octanol–water partition coefficient (Wildman–Crippen LogP) is 3.72. The quantitative estimate of drug-likeness (QED) is 0.824. The molecule has 0 aliphatic heterocycles. The van der Waals surface area contributed by atoms with Gasteiger partial charge in [-0.25, -0.2) is 0 Å². The van der Waals surface area contributed by atoms with Crippen LogP contribution in [0.4, 0.5) is 5.69 Å². The molecular weight excluding hydrogens is 300 g/mol. The Labute approximate surface area is 143 Å². The molecule has 4 heteroatoms. The van der Waals surface area contributed by atoms with Crippen LogP contribution in [0, 0.1) is 5.92 Å². The van der Waals surface area contributed by atoms with Crippen LogP contribution in [-0.2, 0) is 6.54 Å². The molecule has 2 aromatic rings. The fraction of sp³-hybridized carbons (Fsp3) is 0.350. The van der Waals surface area contributed by atoms with Gasteiger partial charge >= 0.3 is 0 Å². The van der Waals surface area contributed by atoms with Crippen LogP contribution in [0.15, 0.2) is 48.5 Å². The van der Waals surface area contributed by atoms with Crippen LogP contribution in [0.1, 0.15) is 35.7 Å². The van der Waals surface area contributed by atoms with Crippen LogP contribution in [0.25, 0.3) is 0 Å². The van der Waals surface area contributed by atoms with Gasteiger partial charge < -0.3 is 15.4 Å². The molecule has 1 fully saturated rings. The summed E-state index contributed by atoms with van der Waals surface area (Å²) in [4.78, 5) is 15.1. The molecule has 0 spiro atoms. The molecule has 126 valence electrons. The predicted molar refractivity (Wildman–Crippen MR) is 95.9 cm³/mol. The summed E-state index contributed by atoms with van der Waals surface area (Å²) < 4.78 is 5.26. The number of rotatable bonds is 6. The normalized spacial score (nSPS) is 14.9. The lowest BCUT2D eigenvalue weighted by molar-refractivity contribution is 0.0655. The van der Waals surface area contributed by atoms with Crippen LogP contribution < -0.4 is 10.5 Å². The molecule has 1 aliphatic rings. The van der Waals surface area contributed by atoms with Gasteiger partial charge in [-0.3, -0.25) is 4.79 Å². The molecular formula is C20H24N2O2. The lowest BCUT2D eigenvalue weighted by Crippen LogP contribution is -2.39. The summed E-state index contributed by atoms with van der Waals surface area (Å²) >= 11 is 0. The number of para-hydroxylation sites is 1. The number of methoxy groups -OCH3 is 1. The first-order chi connectivity index (χ1) is 11.6. The minimum Gasteiger partial charge on any atom is -0.495 e. The summed E-state index contributed by atoms with van der Waals surface area (Å²) in [5.41, 5.74) is 8.19. The smallest absolute Gasteiger partial charge is 0.256 e. The van der Waals surface area contributed by atoms with Gasteiger partial charge in [0.1, 0.15) is 5.75 Å². The van der Waals surface area contributed by atoms with Crippen LogP contribution >= 0.6 is 0 Å². The summed E-state index contributed by atoms with van der Waals surface area (Å²) in [5, 5.41) is 0. The van der Waals surface area contributed by atoms with Crippen molar-refractivity contribution in [2.24, 2.45) is 5.92 Å². The summed E-state index contributed by atoms with van der Waals surface area (Å²) in [6.45, 7) is 2.73. The maximum absolute atomic E-state index is 13.2. The van der Waals surface area contributed by atoms with E-state index in [1.54, 1.807) is 19.2 Å². The third-order valence-electron chi connectivity index (χ3n) is 4.77. The van der Waals surface area contributed by atoms with Gasteiger partial charge in [-0.1, -0.05) is 36.4 Å². The van der Waals surface area contributed by atoms with Crippen molar-refractivity contribution in [3.05, 3.63) is 59.7 Å². The lowest BCUT2D eigenvalue weighted by Gasteiger charge is -2.30. The molecule has 24 heavy (non-hydrogen) atoms. The molecule has 2 N–H and O–H groups in total. The number of benzene rings is 2. The number of ether oxygens (including phenoxy) is 1. The Balaban J connectivity index is 1.91. The summed E-state index contributed by atoms with van der Waals surface area (Å²) in [7, 11) is 1.56. The fourth-order valence-corrected chi connectivity index (χ4v) is 3.08. The Bertz CT molecular complexity index is 711. The zero-order valence-electron chi connectivity index (χ0n) is 14.2. The van der Waals surface area contributed by atoms with Gasteiger partial charge in [0.05, 0.1) is 18.4 Å². The van der Waals surface area contributed by atoms with E-state index in [-0.39, 0.29) is 11.9 Å². The Morgan fingerprint density at radius 2 is 1.92 bits per heavy atom. The second-order valence-corrected chi connectivity index (χ2v) is 6.42. The fourth-order valence-electron chi connectivity index (χ4n) is 3.08. The van der Waals surface area contributed by atoms with Gasteiger partial charge in [-0.05, 0) is 43.4 Å². The van der Waals surface area contributed by atoms with E-state index in [4.69, 9.17) is 10.5 Å². The van der Waals surface area contributed by atoms with Crippen molar-refractivity contribution in [1.29, 1.82) is 0 Å². The molecule has 0 heterocycles. The second kappa shape index (κ2) is 6.95. The first kappa shape index (κ1) is 16.4. The third-order valence-corrected chi connectivity index (χ3v) is 4.77. The Morgan fingerprint density at radius 3 is 2.54 bits per heavy atom. The maximum atomic E-state index is 13.2. The average Bonchev–Trinajstić information content (AvgIpc) is 3.45. The van der Waals surface area contributed by atoms with Gasteiger partial charge in [-0.15, -0.1) is 0 Å². The van der Waals surface area contributed by atoms with Crippen molar-refractivity contribution < 1.29 is 9.53 Å². The SMILES string of the molecule is COc1cccc(C(=O)N(Cc2ccccc2)C(C)C2CC2)c1N. The van der Waals surface area contributed by atoms with Gasteiger partial charge in [0.2, 0.25) is 0 Å². The number of nitrogen functional groups attached to an aromatic ring is 1. The Morgan fingerprint density at radius 1 is 1.21 bits per heavy atom. The number of nitrogens with zero attached hydrogens (tertiary/aromatic N) is 1. The number of carbonyl (C=O) groups excluding carboxylic acids is 1. The van der Waals surface area contributed by atoms with Crippen molar-refractivity contribution in [3.63, 3.8) is 0 Å². The zero-order valence-corrected chi connectivity index (χ0v) is 14.2. The van der Waals surface area contributed by atoms with E-state index in [1.165, 1.54) is 12.8 Å². The number of carbonyl (C=O) groups is 1. The van der Waals surface area contributed by atoms with Gasteiger partial charge in [0.15, 0.2) is 0 Å². The minimum atomic E-state index is -0.0327. The molecule has 3 rings (SSSR count). The maximum Gasteiger partial charge on any atom is 0.256 e. The van der Waals surface area contributed by atoms with Crippen LogP contribution in [0.3, 0.4) is 0 Å². The molecule has 4 nitrogen and oxygen atoms in total. The highest BCUT2D eigenvalue weighted by atomic mass is 16.5. The molecule has 0 saturated heterocycles. The van der Waals surface area contributed by atoms with E-state index < -0.39 is 0 Å². The standard InChI is InChI=1S/C20H24N2O2/c1-14(16-11-12-16)22(13-15-7-4-3-5-8-15)20(23)17-9-6-10-18(24-2)19(17)21/h3-10,14,16H,11-13,21H2,1-2H3. The first-order valence-electron chi connectivity index (χ1n) is 8.39. The highest BCUT2D eigenvalue weighted by Crippen LogP contribution is 2.37. The monoisotopic (exact) mass is 324 g/mol. The van der Waals surface area contributed by atoms with Crippen molar-refractivity contribution in [2.45, 2.75) is 32.4 Å². The molecule has 2 aromatic carbocycles. The Kier molecular flexibility index (Phi) is 4.74. The second-order valence-electron chi connectivity index (χ2n) is 6.42. The van der Waals surface area contributed by atoms with E-state index in [0.717, 1.165) is 5.56 Å². The van der Waals surface area contributed by atoms with Crippen molar-refractivity contribution >= 4 is 11.6 Å². The van der Waals surface area contributed by atoms with E-state index in [2.05, 4.69) is 19.1 Å². The Hall–Kier alpha value is -2.49. The first-order valence-corrected chi connectivity index (χ1v) is 8.39. The van der Waals surface area contributed by atoms with Crippen LogP contribution in [-0.4, -0.2) is 24.0 Å². The van der Waals surface area contributed by atoms with E-state index >= 15 is 0 Å². The average molecular weight is 324 g/mol. The number of hydrogen-bond acceptors (Lipinski definition) is 3. The molecule has 1 atom stereocenters. The van der Waals surface area contributed by atoms with E-state index in [1.807, 2.05) is 29.2 Å². The van der Waals surface area contributed by atoms with E-state index in [9.17, 15) is 4.79 Å². The minimum absolute atomic E-state index is 0.0327. The number of hydrogen-bond donors (Lipinski definition) is 1. The number of anilines is 1. The molecule has 0 radical (unpaired) electrons. The molecule has 1 aliphatic carbocycles. The molecule has 1 amide bonds. The van der Waals surface area contributed by atoms with Crippen molar-refractivity contribution in [3.8, 4) is 5.75 Å². The lowest BCUT2D eigenvalue weighted by atomic mass is 10.1. The van der Waals surface area contributed by atoms with Gasteiger partial charge in [-0.2, -0.15) is 0 Å². The topological polar surface area (TPSA) is 55.6 Å². The highest BCUT2D eigenvalue weighted by molar-refractivity contribution is 6.00. The van der Waals surface area contributed by atoms with Crippen LogP contribution in [0.5, 0.6) is 5.75 Å². The zero-order chi connectivity index (χ0) is 17.1. The summed E-state index contributed by atoms with van der Waals surface area (Å²) in [5.74, 6) is 1.10. The number of amides is 1. The van der Waals surface area contributed by atoms with E-state index in [0.29, 0.717) is 29.5 Å². The van der Waals surface area contributed by atoms with Crippen molar-refractivity contribution in [1.82, 2.24) is 4.90 Å². The number of nitrogens with two attached hydrogens (primary N) is 1. The summed E-state index contributed by atoms with van der Waals surface area (Å²) in [6, 6.07) is 15.6. The third kappa shape index (κ3) is 3.37. The van der Waals surface area contributed by atoms with Gasteiger partial charge in [0.25, 0.3) is 5.91 Å².